The normalized spacial score (nSPS) is 27.3. The Morgan fingerprint density at radius 1 is 1.40 bits per heavy atom. The monoisotopic (exact) mass is 243 g/mol. The van der Waals surface area contributed by atoms with E-state index in [0.717, 1.165) is 15.0 Å². The molecule has 0 amide bonds. The van der Waals surface area contributed by atoms with Crippen molar-refractivity contribution in [3.05, 3.63) is 3.95 Å². The number of hydrogen-bond acceptors (Lipinski definition) is 4. The minimum atomic E-state index is 0.571. The van der Waals surface area contributed by atoms with Crippen LogP contribution in [0.2, 0.25) is 0 Å². The van der Waals surface area contributed by atoms with Crippen LogP contribution in [-0.2, 0) is 0 Å². The van der Waals surface area contributed by atoms with E-state index in [1.807, 2.05) is 0 Å². The maximum absolute atomic E-state index is 5.02. The maximum atomic E-state index is 5.02. The largest absolute Gasteiger partial charge is 0.357 e. The Balaban J connectivity index is 2.00. The second-order valence-corrected chi connectivity index (χ2v) is 5.95. The molecule has 0 spiro atoms. The summed E-state index contributed by atoms with van der Waals surface area (Å²) < 4.78 is 0.749. The average molecular weight is 243 g/mol. The first-order valence-corrected chi connectivity index (χ1v) is 6.80. The van der Waals surface area contributed by atoms with Crippen LogP contribution < -0.4 is 5.32 Å². The molecule has 1 aromatic heterocycles. The third-order valence-corrected chi connectivity index (χ3v) is 4.13. The van der Waals surface area contributed by atoms with Gasteiger partial charge < -0.3 is 5.32 Å². The summed E-state index contributed by atoms with van der Waals surface area (Å²) in [5, 5.41) is 11.4. The Kier molecular flexibility index (Phi) is 3.75. The van der Waals surface area contributed by atoms with Crippen LogP contribution >= 0.6 is 23.6 Å². The van der Waals surface area contributed by atoms with Crippen molar-refractivity contribution in [1.29, 1.82) is 0 Å². The average Bonchev–Trinajstić information content (AvgIpc) is 2.50. The summed E-state index contributed by atoms with van der Waals surface area (Å²) in [6.45, 7) is 2.33. The van der Waals surface area contributed by atoms with E-state index in [0.29, 0.717) is 6.04 Å². The quantitative estimate of drug-likeness (QED) is 0.616. The Morgan fingerprint density at radius 3 is 2.93 bits per heavy atom. The Labute approximate surface area is 99.3 Å². The van der Waals surface area contributed by atoms with Gasteiger partial charge in [-0.15, -0.1) is 5.10 Å². The van der Waals surface area contributed by atoms with Gasteiger partial charge in [-0.05, 0) is 31.0 Å². The van der Waals surface area contributed by atoms with Crippen LogP contribution in [0.5, 0.6) is 0 Å². The standard InChI is InChI=1S/C10H17N3S2/c1-7-5-3-2-4-6-8(7)11-9-12-13-10(14)15-9/h7-8H,2-6H2,1H3,(H,11,12)(H,13,14). The van der Waals surface area contributed by atoms with Gasteiger partial charge in [-0.3, -0.25) is 5.10 Å². The first kappa shape index (κ1) is 11.1. The summed E-state index contributed by atoms with van der Waals surface area (Å²) in [4.78, 5) is 0. The summed E-state index contributed by atoms with van der Waals surface area (Å²) in [7, 11) is 0. The number of aromatic nitrogens is 2. The Hall–Kier alpha value is -0.420. The van der Waals surface area contributed by atoms with Crippen LogP contribution in [0.25, 0.3) is 0 Å². The number of H-pyrrole nitrogens is 1. The van der Waals surface area contributed by atoms with E-state index < -0.39 is 0 Å². The van der Waals surface area contributed by atoms with E-state index in [2.05, 4.69) is 22.4 Å². The highest BCUT2D eigenvalue weighted by Gasteiger charge is 2.20. The van der Waals surface area contributed by atoms with Crippen LogP contribution in [0.3, 0.4) is 0 Å². The lowest BCUT2D eigenvalue weighted by Gasteiger charge is -2.21. The number of rotatable bonds is 2. The van der Waals surface area contributed by atoms with Crippen LogP contribution in [0, 0.1) is 9.87 Å². The first-order valence-electron chi connectivity index (χ1n) is 5.58. The highest BCUT2D eigenvalue weighted by molar-refractivity contribution is 7.73. The van der Waals surface area contributed by atoms with Crippen molar-refractivity contribution in [1.82, 2.24) is 10.2 Å². The van der Waals surface area contributed by atoms with Crippen molar-refractivity contribution in [2.75, 3.05) is 5.32 Å². The van der Waals surface area contributed by atoms with Crippen molar-refractivity contribution >= 4 is 28.7 Å². The predicted molar refractivity (Wildman–Crippen MR) is 67.0 cm³/mol. The lowest BCUT2D eigenvalue weighted by molar-refractivity contribution is 0.456. The molecular weight excluding hydrogens is 226 g/mol. The molecule has 3 nitrogen and oxygen atoms in total. The lowest BCUT2D eigenvalue weighted by Crippen LogP contribution is -2.26. The molecule has 0 radical (unpaired) electrons. The summed E-state index contributed by atoms with van der Waals surface area (Å²) in [5.41, 5.74) is 0. The van der Waals surface area contributed by atoms with E-state index in [4.69, 9.17) is 12.2 Å². The van der Waals surface area contributed by atoms with Gasteiger partial charge in [-0.2, -0.15) is 0 Å². The van der Waals surface area contributed by atoms with E-state index in [1.165, 1.54) is 43.4 Å². The second kappa shape index (κ2) is 5.07. The zero-order valence-corrected chi connectivity index (χ0v) is 10.6. The van der Waals surface area contributed by atoms with Gasteiger partial charge in [0.25, 0.3) is 0 Å². The fourth-order valence-corrected chi connectivity index (χ4v) is 3.01. The molecule has 1 aromatic rings. The van der Waals surface area contributed by atoms with Gasteiger partial charge in [-0.1, -0.05) is 37.5 Å². The van der Waals surface area contributed by atoms with Crippen LogP contribution in [-0.4, -0.2) is 16.2 Å². The fourth-order valence-electron chi connectivity index (χ4n) is 2.16. The van der Waals surface area contributed by atoms with Crippen molar-refractivity contribution in [3.63, 3.8) is 0 Å². The molecule has 1 aliphatic rings. The van der Waals surface area contributed by atoms with Gasteiger partial charge in [0.2, 0.25) is 5.13 Å². The number of nitrogens with zero attached hydrogens (tertiary/aromatic N) is 1. The molecule has 0 saturated heterocycles. The van der Waals surface area contributed by atoms with Crippen molar-refractivity contribution in [3.8, 4) is 0 Å². The van der Waals surface area contributed by atoms with Gasteiger partial charge in [0.15, 0.2) is 3.95 Å². The molecule has 2 N–H and O–H groups in total. The van der Waals surface area contributed by atoms with Gasteiger partial charge >= 0.3 is 0 Å². The molecule has 0 aromatic carbocycles. The van der Waals surface area contributed by atoms with Crippen LogP contribution in [0.1, 0.15) is 39.0 Å². The molecule has 1 heterocycles. The molecule has 1 aliphatic carbocycles. The summed E-state index contributed by atoms with van der Waals surface area (Å²) >= 11 is 6.54. The smallest absolute Gasteiger partial charge is 0.204 e. The Bertz CT molecular complexity index is 358. The number of nitrogens with one attached hydrogen (secondary N) is 2. The zero-order valence-electron chi connectivity index (χ0n) is 8.95. The third-order valence-electron chi connectivity index (χ3n) is 3.11. The van der Waals surface area contributed by atoms with Gasteiger partial charge in [0, 0.05) is 6.04 Å². The molecule has 0 bridgehead atoms. The number of anilines is 1. The summed E-state index contributed by atoms with van der Waals surface area (Å²) in [6, 6.07) is 0.571. The van der Waals surface area contributed by atoms with E-state index in [1.54, 1.807) is 0 Å². The highest BCUT2D eigenvalue weighted by atomic mass is 32.1. The van der Waals surface area contributed by atoms with Gasteiger partial charge in [0.1, 0.15) is 0 Å². The van der Waals surface area contributed by atoms with Gasteiger partial charge in [-0.25, -0.2) is 0 Å². The van der Waals surface area contributed by atoms with Crippen LogP contribution in [0.4, 0.5) is 5.13 Å². The molecule has 2 unspecified atom stereocenters. The topological polar surface area (TPSA) is 40.7 Å². The second-order valence-electron chi connectivity index (χ2n) is 4.28. The molecule has 1 fully saturated rings. The summed E-state index contributed by atoms with van der Waals surface area (Å²) in [5.74, 6) is 0.741. The molecule has 1 saturated carbocycles. The van der Waals surface area contributed by atoms with E-state index >= 15 is 0 Å². The molecule has 15 heavy (non-hydrogen) atoms. The first-order chi connectivity index (χ1) is 7.25. The maximum Gasteiger partial charge on any atom is 0.204 e. The molecule has 2 rings (SSSR count). The predicted octanol–water partition coefficient (Wildman–Crippen LogP) is 3.58. The van der Waals surface area contributed by atoms with Crippen LogP contribution in [0.15, 0.2) is 0 Å². The number of hydrogen-bond donors (Lipinski definition) is 2. The molecule has 0 aliphatic heterocycles. The minimum Gasteiger partial charge on any atom is -0.357 e. The molecule has 84 valence electrons. The number of aromatic amines is 1. The molecule has 2 atom stereocenters. The van der Waals surface area contributed by atoms with Gasteiger partial charge in [0.05, 0.1) is 0 Å². The van der Waals surface area contributed by atoms with Crippen molar-refractivity contribution < 1.29 is 0 Å². The lowest BCUT2D eigenvalue weighted by atomic mass is 9.97. The highest BCUT2D eigenvalue weighted by Crippen LogP contribution is 2.26. The zero-order chi connectivity index (χ0) is 10.7. The van der Waals surface area contributed by atoms with Crippen molar-refractivity contribution in [2.45, 2.75) is 45.1 Å². The fraction of sp³-hybridized carbons (Fsp3) is 0.800. The third kappa shape index (κ3) is 3.01. The molecular formula is C10H17N3S2. The van der Waals surface area contributed by atoms with Crippen molar-refractivity contribution in [2.24, 2.45) is 5.92 Å². The molecule has 5 heteroatoms. The van der Waals surface area contributed by atoms with E-state index in [-0.39, 0.29) is 0 Å². The SMILES string of the molecule is CC1CCCCCC1Nc1n[nH]c(=S)s1. The summed E-state index contributed by atoms with van der Waals surface area (Å²) in [6.07, 6.45) is 6.66. The Morgan fingerprint density at radius 2 is 2.20 bits per heavy atom. The van der Waals surface area contributed by atoms with E-state index in [9.17, 15) is 0 Å². The minimum absolute atomic E-state index is 0.571.